The van der Waals surface area contributed by atoms with E-state index in [0.717, 1.165) is 28.6 Å². The fraction of sp³-hybridized carbons (Fsp3) is 0.333. The molecular formula is C18H22BrNO. The van der Waals surface area contributed by atoms with Gasteiger partial charge in [0.2, 0.25) is 0 Å². The Labute approximate surface area is 135 Å². The van der Waals surface area contributed by atoms with Crippen LogP contribution in [0.3, 0.4) is 0 Å². The lowest BCUT2D eigenvalue weighted by Crippen LogP contribution is -2.32. The van der Waals surface area contributed by atoms with Gasteiger partial charge in [-0.15, -0.1) is 0 Å². The first kappa shape index (κ1) is 16.1. The molecule has 3 heteroatoms. The fourth-order valence-electron chi connectivity index (χ4n) is 2.35. The monoisotopic (exact) mass is 347 g/mol. The molecule has 0 saturated heterocycles. The molecule has 0 spiro atoms. The average Bonchev–Trinajstić information content (AvgIpc) is 2.53. The highest BCUT2D eigenvalue weighted by atomic mass is 79.9. The first-order valence-corrected chi connectivity index (χ1v) is 8.21. The standard InChI is InChI=1S/C18H22BrNO/c1-3-13-9-5-8-12-17(13)21-18(16(20)4-2)14-10-6-7-11-15(14)19/h5-12,16,18H,3-4,20H2,1-2H3. The third-order valence-electron chi connectivity index (χ3n) is 3.68. The van der Waals surface area contributed by atoms with Gasteiger partial charge in [0, 0.05) is 16.1 Å². The number of hydrogen-bond donors (Lipinski definition) is 1. The van der Waals surface area contributed by atoms with Crippen molar-refractivity contribution in [3.8, 4) is 5.75 Å². The zero-order valence-corrected chi connectivity index (χ0v) is 14.1. The minimum Gasteiger partial charge on any atom is -0.484 e. The molecule has 2 aromatic rings. The van der Waals surface area contributed by atoms with Crippen LogP contribution in [0.4, 0.5) is 0 Å². The number of benzene rings is 2. The summed E-state index contributed by atoms with van der Waals surface area (Å²) in [5, 5.41) is 0. The van der Waals surface area contributed by atoms with E-state index < -0.39 is 0 Å². The second kappa shape index (κ2) is 7.62. The Bertz CT molecular complexity index is 585. The van der Waals surface area contributed by atoms with Gasteiger partial charge in [-0.1, -0.05) is 66.2 Å². The molecule has 0 radical (unpaired) electrons. The van der Waals surface area contributed by atoms with Gasteiger partial charge in [-0.05, 0) is 30.5 Å². The molecule has 2 rings (SSSR count). The molecule has 0 aliphatic carbocycles. The van der Waals surface area contributed by atoms with Gasteiger partial charge in [-0.25, -0.2) is 0 Å². The molecule has 0 saturated carbocycles. The van der Waals surface area contributed by atoms with Crippen LogP contribution < -0.4 is 10.5 Å². The molecule has 0 heterocycles. The first-order valence-electron chi connectivity index (χ1n) is 7.41. The summed E-state index contributed by atoms with van der Waals surface area (Å²) in [5.74, 6) is 0.921. The molecule has 0 aliphatic rings. The summed E-state index contributed by atoms with van der Waals surface area (Å²) in [6.07, 6.45) is 1.65. The maximum Gasteiger partial charge on any atom is 0.140 e. The molecule has 2 nitrogen and oxygen atoms in total. The van der Waals surface area contributed by atoms with Crippen molar-refractivity contribution in [2.45, 2.75) is 38.8 Å². The van der Waals surface area contributed by atoms with Crippen LogP contribution in [0.25, 0.3) is 0 Å². The summed E-state index contributed by atoms with van der Waals surface area (Å²) >= 11 is 3.61. The van der Waals surface area contributed by atoms with Crippen molar-refractivity contribution in [3.05, 3.63) is 64.1 Å². The Morgan fingerprint density at radius 1 is 1.05 bits per heavy atom. The van der Waals surface area contributed by atoms with Crippen molar-refractivity contribution in [1.29, 1.82) is 0 Å². The lowest BCUT2D eigenvalue weighted by Gasteiger charge is -2.26. The maximum absolute atomic E-state index is 6.31. The summed E-state index contributed by atoms with van der Waals surface area (Å²) in [4.78, 5) is 0. The van der Waals surface area contributed by atoms with Gasteiger partial charge in [0.1, 0.15) is 11.9 Å². The molecule has 112 valence electrons. The van der Waals surface area contributed by atoms with Crippen LogP contribution in [0.1, 0.15) is 37.5 Å². The highest BCUT2D eigenvalue weighted by Gasteiger charge is 2.23. The van der Waals surface area contributed by atoms with E-state index in [2.05, 4.69) is 41.9 Å². The van der Waals surface area contributed by atoms with Crippen LogP contribution in [0, 0.1) is 0 Å². The van der Waals surface area contributed by atoms with Gasteiger partial charge in [0.15, 0.2) is 0 Å². The summed E-state index contributed by atoms with van der Waals surface area (Å²) < 4.78 is 7.34. The minimum atomic E-state index is -0.154. The second-order valence-corrected chi connectivity index (χ2v) is 5.95. The van der Waals surface area contributed by atoms with E-state index in [1.807, 2.05) is 36.4 Å². The van der Waals surface area contributed by atoms with E-state index in [4.69, 9.17) is 10.5 Å². The van der Waals surface area contributed by atoms with Crippen molar-refractivity contribution in [2.24, 2.45) is 5.73 Å². The van der Waals surface area contributed by atoms with Gasteiger partial charge in [-0.2, -0.15) is 0 Å². The lowest BCUT2D eigenvalue weighted by atomic mass is 10.0. The number of ether oxygens (including phenoxy) is 1. The van der Waals surface area contributed by atoms with Crippen LogP contribution in [0.15, 0.2) is 53.0 Å². The van der Waals surface area contributed by atoms with Crippen molar-refractivity contribution < 1.29 is 4.74 Å². The molecule has 2 N–H and O–H groups in total. The van der Waals surface area contributed by atoms with Crippen molar-refractivity contribution in [3.63, 3.8) is 0 Å². The normalized spacial score (nSPS) is 13.7. The molecule has 21 heavy (non-hydrogen) atoms. The van der Waals surface area contributed by atoms with Crippen molar-refractivity contribution in [2.75, 3.05) is 0 Å². The molecule has 0 bridgehead atoms. The van der Waals surface area contributed by atoms with Crippen LogP contribution in [-0.2, 0) is 6.42 Å². The smallest absolute Gasteiger partial charge is 0.140 e. The van der Waals surface area contributed by atoms with Crippen molar-refractivity contribution >= 4 is 15.9 Å². The Hall–Kier alpha value is -1.32. The van der Waals surface area contributed by atoms with Gasteiger partial charge < -0.3 is 10.5 Å². The van der Waals surface area contributed by atoms with E-state index in [0.29, 0.717) is 0 Å². The zero-order chi connectivity index (χ0) is 15.2. The predicted octanol–water partition coefficient (Wildman–Crippen LogP) is 4.87. The topological polar surface area (TPSA) is 35.2 Å². The van der Waals surface area contributed by atoms with E-state index >= 15 is 0 Å². The average molecular weight is 348 g/mol. The third-order valence-corrected chi connectivity index (χ3v) is 4.40. The van der Waals surface area contributed by atoms with Gasteiger partial charge in [0.05, 0.1) is 0 Å². The molecule has 2 aromatic carbocycles. The predicted molar refractivity (Wildman–Crippen MR) is 91.6 cm³/mol. The summed E-state index contributed by atoms with van der Waals surface area (Å²) in [7, 11) is 0. The largest absolute Gasteiger partial charge is 0.484 e. The molecular weight excluding hydrogens is 326 g/mol. The Morgan fingerprint density at radius 2 is 1.71 bits per heavy atom. The highest BCUT2D eigenvalue weighted by Crippen LogP contribution is 2.32. The molecule has 0 aliphatic heterocycles. The lowest BCUT2D eigenvalue weighted by molar-refractivity contribution is 0.169. The molecule has 0 amide bonds. The number of halogens is 1. The molecule has 2 unspecified atom stereocenters. The number of hydrogen-bond acceptors (Lipinski definition) is 2. The maximum atomic E-state index is 6.31. The molecule has 0 aromatic heterocycles. The van der Waals surface area contributed by atoms with Gasteiger partial charge in [0.25, 0.3) is 0 Å². The van der Waals surface area contributed by atoms with Gasteiger partial charge in [-0.3, -0.25) is 0 Å². The van der Waals surface area contributed by atoms with E-state index in [9.17, 15) is 0 Å². The summed E-state index contributed by atoms with van der Waals surface area (Å²) in [5.41, 5.74) is 8.61. The van der Waals surface area contributed by atoms with E-state index in [-0.39, 0.29) is 12.1 Å². The SMILES string of the molecule is CCc1ccccc1OC(c1ccccc1Br)C(N)CC. The Morgan fingerprint density at radius 3 is 2.38 bits per heavy atom. The highest BCUT2D eigenvalue weighted by molar-refractivity contribution is 9.10. The van der Waals surface area contributed by atoms with Crippen LogP contribution in [0.2, 0.25) is 0 Å². The third kappa shape index (κ3) is 3.86. The number of aryl methyl sites for hydroxylation is 1. The zero-order valence-electron chi connectivity index (χ0n) is 12.6. The second-order valence-electron chi connectivity index (χ2n) is 5.09. The Balaban J connectivity index is 2.36. The Kier molecular flexibility index (Phi) is 5.83. The minimum absolute atomic E-state index is 0.0476. The van der Waals surface area contributed by atoms with Gasteiger partial charge >= 0.3 is 0 Å². The number of para-hydroxylation sites is 1. The van der Waals surface area contributed by atoms with E-state index in [1.54, 1.807) is 0 Å². The quantitative estimate of drug-likeness (QED) is 0.808. The number of rotatable bonds is 6. The first-order chi connectivity index (χ1) is 10.2. The molecule has 2 atom stereocenters. The summed E-state index contributed by atoms with van der Waals surface area (Å²) in [6, 6.07) is 16.2. The van der Waals surface area contributed by atoms with Crippen LogP contribution in [0.5, 0.6) is 5.75 Å². The number of nitrogens with two attached hydrogens (primary N) is 1. The fourth-order valence-corrected chi connectivity index (χ4v) is 2.86. The van der Waals surface area contributed by atoms with Crippen LogP contribution in [-0.4, -0.2) is 6.04 Å². The van der Waals surface area contributed by atoms with Crippen molar-refractivity contribution in [1.82, 2.24) is 0 Å². The summed E-state index contributed by atoms with van der Waals surface area (Å²) in [6.45, 7) is 4.22. The van der Waals surface area contributed by atoms with E-state index in [1.165, 1.54) is 5.56 Å². The molecule has 0 fully saturated rings. The van der Waals surface area contributed by atoms with Crippen LogP contribution >= 0.6 is 15.9 Å².